The lowest BCUT2D eigenvalue weighted by atomic mass is 10.2. The SMILES string of the molecule is CCCNCc1coc(COCc2cccc(Br)c2)c1. The van der Waals surface area contributed by atoms with Gasteiger partial charge in [-0.25, -0.2) is 0 Å². The van der Waals surface area contributed by atoms with Crippen LogP contribution in [0.2, 0.25) is 0 Å². The van der Waals surface area contributed by atoms with Crippen LogP contribution in [0.1, 0.15) is 30.2 Å². The van der Waals surface area contributed by atoms with Gasteiger partial charge in [-0.3, -0.25) is 0 Å². The Morgan fingerprint density at radius 3 is 2.90 bits per heavy atom. The van der Waals surface area contributed by atoms with E-state index in [1.807, 2.05) is 24.3 Å². The third-order valence-electron chi connectivity index (χ3n) is 2.87. The fourth-order valence-corrected chi connectivity index (χ4v) is 2.35. The molecule has 0 amide bonds. The summed E-state index contributed by atoms with van der Waals surface area (Å²) < 4.78 is 12.2. The first-order chi connectivity index (χ1) is 9.78. The maximum atomic E-state index is 5.66. The molecule has 1 heterocycles. The van der Waals surface area contributed by atoms with E-state index in [-0.39, 0.29) is 0 Å². The van der Waals surface area contributed by atoms with Crippen molar-refractivity contribution in [2.45, 2.75) is 33.1 Å². The van der Waals surface area contributed by atoms with Gasteiger partial charge in [-0.05, 0) is 36.7 Å². The van der Waals surface area contributed by atoms with Gasteiger partial charge in [-0.1, -0.05) is 35.0 Å². The van der Waals surface area contributed by atoms with Crippen molar-refractivity contribution in [1.82, 2.24) is 5.32 Å². The van der Waals surface area contributed by atoms with E-state index in [2.05, 4.69) is 34.2 Å². The molecule has 1 aromatic carbocycles. The predicted octanol–water partition coefficient (Wildman–Crippen LogP) is 4.26. The molecular weight excluding hydrogens is 318 g/mol. The van der Waals surface area contributed by atoms with Crippen LogP contribution >= 0.6 is 15.9 Å². The molecule has 0 saturated heterocycles. The van der Waals surface area contributed by atoms with Crippen molar-refractivity contribution in [2.24, 2.45) is 0 Å². The van der Waals surface area contributed by atoms with Crippen LogP contribution in [-0.2, 0) is 24.5 Å². The Hall–Kier alpha value is -1.10. The fourth-order valence-electron chi connectivity index (χ4n) is 1.90. The van der Waals surface area contributed by atoms with Crippen molar-refractivity contribution in [1.29, 1.82) is 0 Å². The molecule has 4 heteroatoms. The molecular formula is C16H20BrNO2. The zero-order valence-corrected chi connectivity index (χ0v) is 13.3. The standard InChI is InChI=1S/C16H20BrNO2/c1-2-6-18-9-14-8-16(20-11-14)12-19-10-13-4-3-5-15(17)7-13/h3-5,7-8,11,18H,2,6,9-10,12H2,1H3. The van der Waals surface area contributed by atoms with Crippen LogP contribution in [0.5, 0.6) is 0 Å². The highest BCUT2D eigenvalue weighted by Gasteiger charge is 2.02. The topological polar surface area (TPSA) is 34.4 Å². The second kappa shape index (κ2) is 8.25. The molecule has 0 unspecified atom stereocenters. The minimum absolute atomic E-state index is 0.500. The highest BCUT2D eigenvalue weighted by atomic mass is 79.9. The number of nitrogens with one attached hydrogen (secondary N) is 1. The monoisotopic (exact) mass is 337 g/mol. The summed E-state index contributed by atoms with van der Waals surface area (Å²) in [5.41, 5.74) is 2.32. The number of hydrogen-bond acceptors (Lipinski definition) is 3. The van der Waals surface area contributed by atoms with Crippen molar-refractivity contribution in [3.8, 4) is 0 Å². The van der Waals surface area contributed by atoms with E-state index < -0.39 is 0 Å². The molecule has 0 spiro atoms. The van der Waals surface area contributed by atoms with E-state index in [0.717, 1.165) is 35.3 Å². The van der Waals surface area contributed by atoms with E-state index in [1.54, 1.807) is 6.26 Å². The summed E-state index contributed by atoms with van der Waals surface area (Å²) in [6.07, 6.45) is 2.93. The summed E-state index contributed by atoms with van der Waals surface area (Å²) in [6.45, 7) is 5.12. The third kappa shape index (κ3) is 5.12. The van der Waals surface area contributed by atoms with Crippen LogP contribution < -0.4 is 5.32 Å². The lowest BCUT2D eigenvalue weighted by Crippen LogP contribution is -2.13. The van der Waals surface area contributed by atoms with Crippen LogP contribution in [0, 0.1) is 0 Å². The summed E-state index contributed by atoms with van der Waals surface area (Å²) in [5.74, 6) is 0.869. The van der Waals surface area contributed by atoms with Gasteiger partial charge in [0.1, 0.15) is 12.4 Å². The fraction of sp³-hybridized carbons (Fsp3) is 0.375. The lowest BCUT2D eigenvalue weighted by molar-refractivity contribution is 0.0929. The highest BCUT2D eigenvalue weighted by Crippen LogP contribution is 2.14. The van der Waals surface area contributed by atoms with Crippen LogP contribution in [0.3, 0.4) is 0 Å². The first-order valence-corrected chi connectivity index (χ1v) is 7.66. The van der Waals surface area contributed by atoms with Gasteiger partial charge in [0, 0.05) is 16.6 Å². The largest absolute Gasteiger partial charge is 0.467 e. The van der Waals surface area contributed by atoms with Gasteiger partial charge in [-0.2, -0.15) is 0 Å². The smallest absolute Gasteiger partial charge is 0.129 e. The number of furan rings is 1. The minimum atomic E-state index is 0.500. The molecule has 0 aliphatic rings. The van der Waals surface area contributed by atoms with E-state index in [0.29, 0.717) is 13.2 Å². The second-order valence-corrected chi connectivity index (χ2v) is 5.64. The van der Waals surface area contributed by atoms with Crippen molar-refractivity contribution >= 4 is 15.9 Å². The molecule has 0 bridgehead atoms. The van der Waals surface area contributed by atoms with Gasteiger partial charge in [0.25, 0.3) is 0 Å². The number of rotatable bonds is 8. The Bertz CT molecular complexity index is 525. The van der Waals surface area contributed by atoms with Gasteiger partial charge in [0.2, 0.25) is 0 Å². The predicted molar refractivity (Wildman–Crippen MR) is 83.3 cm³/mol. The maximum absolute atomic E-state index is 5.66. The second-order valence-electron chi connectivity index (χ2n) is 4.72. The summed E-state index contributed by atoms with van der Waals surface area (Å²) in [5, 5.41) is 3.35. The molecule has 2 aromatic rings. The first kappa shape index (κ1) is 15.3. The highest BCUT2D eigenvalue weighted by molar-refractivity contribution is 9.10. The summed E-state index contributed by atoms with van der Waals surface area (Å²) in [7, 11) is 0. The van der Waals surface area contributed by atoms with Crippen molar-refractivity contribution in [2.75, 3.05) is 6.54 Å². The van der Waals surface area contributed by atoms with E-state index in [4.69, 9.17) is 9.15 Å². The molecule has 0 aliphatic heterocycles. The molecule has 108 valence electrons. The molecule has 0 atom stereocenters. The van der Waals surface area contributed by atoms with E-state index in [1.165, 1.54) is 5.56 Å². The molecule has 0 saturated carbocycles. The molecule has 0 aliphatic carbocycles. The van der Waals surface area contributed by atoms with E-state index >= 15 is 0 Å². The van der Waals surface area contributed by atoms with Crippen LogP contribution in [0.15, 0.2) is 45.5 Å². The summed E-state index contributed by atoms with van der Waals surface area (Å²) >= 11 is 3.45. The quantitative estimate of drug-likeness (QED) is 0.731. The average molecular weight is 338 g/mol. The first-order valence-electron chi connectivity index (χ1n) is 6.87. The van der Waals surface area contributed by atoms with Crippen LogP contribution in [-0.4, -0.2) is 6.54 Å². The minimum Gasteiger partial charge on any atom is -0.467 e. The third-order valence-corrected chi connectivity index (χ3v) is 3.36. The lowest BCUT2D eigenvalue weighted by Gasteiger charge is -2.03. The van der Waals surface area contributed by atoms with Crippen LogP contribution in [0.25, 0.3) is 0 Å². The van der Waals surface area contributed by atoms with Gasteiger partial charge >= 0.3 is 0 Å². The number of hydrogen-bond donors (Lipinski definition) is 1. The van der Waals surface area contributed by atoms with Crippen LogP contribution in [0.4, 0.5) is 0 Å². The molecule has 0 radical (unpaired) electrons. The van der Waals surface area contributed by atoms with Gasteiger partial charge in [0.15, 0.2) is 0 Å². The zero-order chi connectivity index (χ0) is 14.2. The zero-order valence-electron chi connectivity index (χ0n) is 11.7. The molecule has 0 fully saturated rings. The number of halogens is 1. The Kier molecular flexibility index (Phi) is 6.30. The number of benzene rings is 1. The van der Waals surface area contributed by atoms with Gasteiger partial charge < -0.3 is 14.5 Å². The van der Waals surface area contributed by atoms with Gasteiger partial charge in [0.05, 0.1) is 12.9 Å². The molecule has 1 N–H and O–H groups in total. The molecule has 1 aromatic heterocycles. The Balaban J connectivity index is 1.74. The number of ether oxygens (including phenoxy) is 1. The van der Waals surface area contributed by atoms with Crippen molar-refractivity contribution in [3.63, 3.8) is 0 Å². The molecule has 3 nitrogen and oxygen atoms in total. The maximum Gasteiger partial charge on any atom is 0.129 e. The summed E-state index contributed by atoms with van der Waals surface area (Å²) in [4.78, 5) is 0. The Morgan fingerprint density at radius 1 is 1.20 bits per heavy atom. The molecule has 20 heavy (non-hydrogen) atoms. The normalized spacial score (nSPS) is 10.9. The van der Waals surface area contributed by atoms with Gasteiger partial charge in [-0.15, -0.1) is 0 Å². The Morgan fingerprint density at radius 2 is 2.10 bits per heavy atom. The van der Waals surface area contributed by atoms with Crippen molar-refractivity contribution < 1.29 is 9.15 Å². The molecule has 2 rings (SSSR count). The Labute approximate surface area is 128 Å². The average Bonchev–Trinajstić information content (AvgIpc) is 2.87. The van der Waals surface area contributed by atoms with E-state index in [9.17, 15) is 0 Å². The summed E-state index contributed by atoms with van der Waals surface area (Å²) in [6, 6.07) is 10.2. The van der Waals surface area contributed by atoms with Crippen molar-refractivity contribution in [3.05, 3.63) is 58.0 Å².